The van der Waals surface area contributed by atoms with Gasteiger partial charge in [0, 0.05) is 17.5 Å². The third-order valence-corrected chi connectivity index (χ3v) is 8.59. The highest BCUT2D eigenvalue weighted by molar-refractivity contribution is 6.10. The smallest absolute Gasteiger partial charge is 0.326 e. The third kappa shape index (κ3) is 2.95. The van der Waals surface area contributed by atoms with Crippen molar-refractivity contribution in [1.29, 1.82) is 0 Å². The maximum atomic E-state index is 14.0. The van der Waals surface area contributed by atoms with Crippen molar-refractivity contribution in [3.63, 3.8) is 0 Å². The molecule has 4 aliphatic carbocycles. The van der Waals surface area contributed by atoms with Crippen LogP contribution in [-0.4, -0.2) is 35.5 Å². The Bertz CT molecular complexity index is 1250. The Kier molecular flexibility index (Phi) is 5.40. The number of carbonyl (C=O) groups is 2. The van der Waals surface area contributed by atoms with E-state index >= 15 is 0 Å². The zero-order chi connectivity index (χ0) is 24.9. The predicted octanol–water partition coefficient (Wildman–Crippen LogP) is 5.64. The summed E-state index contributed by atoms with van der Waals surface area (Å²) in [6.07, 6.45) is 11.6. The highest BCUT2D eigenvalue weighted by Gasteiger charge is 2.67. The van der Waals surface area contributed by atoms with Gasteiger partial charge in [-0.05, 0) is 48.6 Å². The lowest BCUT2D eigenvalue weighted by molar-refractivity contribution is -0.125. The number of carbonyl (C=O) groups excluding carboxylic acids is 2. The van der Waals surface area contributed by atoms with Crippen molar-refractivity contribution in [2.75, 3.05) is 7.11 Å². The number of benzene rings is 2. The molecule has 0 radical (unpaired) electrons. The monoisotopic (exact) mass is 480 g/mol. The first kappa shape index (κ1) is 22.8. The fraction of sp³-hybridized carbons (Fsp3) is 0.355. The number of nitrogens with one attached hydrogen (secondary N) is 1. The number of methoxy groups -OCH3 is 1. The lowest BCUT2D eigenvalue weighted by Gasteiger charge is -2.55. The van der Waals surface area contributed by atoms with E-state index in [1.54, 1.807) is 7.11 Å². The van der Waals surface area contributed by atoms with E-state index < -0.39 is 11.0 Å². The van der Waals surface area contributed by atoms with Gasteiger partial charge in [0.15, 0.2) is 5.54 Å². The molecule has 1 N–H and O–H groups in total. The van der Waals surface area contributed by atoms with Crippen molar-refractivity contribution in [1.82, 2.24) is 10.2 Å². The van der Waals surface area contributed by atoms with Gasteiger partial charge in [-0.15, -0.1) is 0 Å². The first-order valence-corrected chi connectivity index (χ1v) is 13.0. The van der Waals surface area contributed by atoms with E-state index in [4.69, 9.17) is 4.74 Å². The topological polar surface area (TPSA) is 58.6 Å². The van der Waals surface area contributed by atoms with E-state index in [0.29, 0.717) is 11.3 Å². The quantitative estimate of drug-likeness (QED) is 0.576. The van der Waals surface area contributed by atoms with Gasteiger partial charge in [0.2, 0.25) is 0 Å². The molecule has 1 fully saturated rings. The number of nitrogens with zero attached hydrogens (tertiary/aromatic N) is 1. The van der Waals surface area contributed by atoms with Crippen LogP contribution in [0.2, 0.25) is 0 Å². The second kappa shape index (κ2) is 8.51. The molecule has 0 aromatic heterocycles. The van der Waals surface area contributed by atoms with Crippen LogP contribution >= 0.6 is 0 Å². The molecule has 1 heterocycles. The van der Waals surface area contributed by atoms with Crippen LogP contribution in [0.3, 0.4) is 0 Å². The van der Waals surface area contributed by atoms with Crippen LogP contribution in [0.1, 0.15) is 50.2 Å². The van der Waals surface area contributed by atoms with E-state index in [0.717, 1.165) is 42.4 Å². The molecule has 7 rings (SSSR count). The Labute approximate surface area is 212 Å². The van der Waals surface area contributed by atoms with Crippen LogP contribution in [-0.2, 0) is 14.9 Å². The fourth-order valence-electron chi connectivity index (χ4n) is 7.13. The summed E-state index contributed by atoms with van der Waals surface area (Å²) < 4.78 is 5.96. The van der Waals surface area contributed by atoms with Crippen LogP contribution in [0.4, 0.5) is 4.79 Å². The standard InChI is InChI=1S/C31H32N2O3/c1-21-27-30(33(28(21)34)29(35)32-25-16-10-5-11-17-25)19-18-24(20-26(30)36-2)31(27,22-12-6-3-7-13-22)23-14-8-4-9-15-23/h3-4,6-9,12-15,18-20,24-25H,5,10-11,16-17H2,1-2H3,(H,32,35). The van der Waals surface area contributed by atoms with Crippen molar-refractivity contribution < 1.29 is 14.3 Å². The van der Waals surface area contributed by atoms with Gasteiger partial charge in [-0.2, -0.15) is 0 Å². The van der Waals surface area contributed by atoms with Gasteiger partial charge in [-0.25, -0.2) is 9.69 Å². The van der Waals surface area contributed by atoms with E-state index in [1.165, 1.54) is 11.3 Å². The SMILES string of the molecule is COC1=CC2C=CC13C(=C(C)C(=O)N3C(=O)NC1CCCCC1)C2(c1ccccc1)c1ccccc1. The zero-order valence-corrected chi connectivity index (χ0v) is 20.9. The number of hydrogen-bond donors (Lipinski definition) is 1. The summed E-state index contributed by atoms with van der Waals surface area (Å²) in [6, 6.07) is 20.5. The van der Waals surface area contributed by atoms with Crippen molar-refractivity contribution in [2.45, 2.75) is 56.0 Å². The van der Waals surface area contributed by atoms with E-state index in [2.05, 4.69) is 41.7 Å². The Morgan fingerprint density at radius 2 is 1.58 bits per heavy atom. The van der Waals surface area contributed by atoms with Crippen molar-refractivity contribution in [3.8, 4) is 0 Å². The minimum absolute atomic E-state index is 0.0711. The average molecular weight is 481 g/mol. The number of hydrogen-bond acceptors (Lipinski definition) is 3. The summed E-state index contributed by atoms with van der Waals surface area (Å²) in [4.78, 5) is 29.4. The maximum absolute atomic E-state index is 14.0. The van der Waals surface area contributed by atoms with Gasteiger partial charge < -0.3 is 10.1 Å². The molecule has 2 unspecified atom stereocenters. The minimum atomic E-state index is -1.10. The number of rotatable bonds is 4. The normalized spacial score (nSPS) is 26.6. The summed E-state index contributed by atoms with van der Waals surface area (Å²) in [7, 11) is 1.63. The van der Waals surface area contributed by atoms with Crippen LogP contribution in [0.15, 0.2) is 95.8 Å². The molecule has 1 spiro atoms. The molecule has 0 saturated heterocycles. The molecule has 1 aliphatic heterocycles. The molecule has 2 bridgehead atoms. The fourth-order valence-corrected chi connectivity index (χ4v) is 7.13. The molecular weight excluding hydrogens is 448 g/mol. The number of amides is 3. The second-order valence-electron chi connectivity index (χ2n) is 10.4. The number of imide groups is 1. The summed E-state index contributed by atoms with van der Waals surface area (Å²) in [5.41, 5.74) is 1.98. The summed E-state index contributed by atoms with van der Waals surface area (Å²) in [5.74, 6) is 0.305. The van der Waals surface area contributed by atoms with Gasteiger partial charge in [-0.1, -0.05) is 86.0 Å². The molecule has 184 valence electrons. The summed E-state index contributed by atoms with van der Waals surface area (Å²) in [5, 5.41) is 3.20. The van der Waals surface area contributed by atoms with Crippen LogP contribution in [0, 0.1) is 5.92 Å². The van der Waals surface area contributed by atoms with E-state index in [9.17, 15) is 9.59 Å². The summed E-state index contributed by atoms with van der Waals surface area (Å²) in [6.45, 7) is 1.87. The molecule has 1 saturated carbocycles. The van der Waals surface area contributed by atoms with Crippen molar-refractivity contribution >= 4 is 11.9 Å². The Morgan fingerprint density at radius 3 is 2.17 bits per heavy atom. The molecule has 5 nitrogen and oxygen atoms in total. The van der Waals surface area contributed by atoms with Gasteiger partial charge in [0.25, 0.3) is 5.91 Å². The second-order valence-corrected chi connectivity index (χ2v) is 10.4. The van der Waals surface area contributed by atoms with E-state index in [1.807, 2.05) is 49.4 Å². The number of ether oxygens (including phenoxy) is 1. The molecule has 2 aromatic rings. The zero-order valence-electron chi connectivity index (χ0n) is 20.9. The predicted molar refractivity (Wildman–Crippen MR) is 139 cm³/mol. The Morgan fingerprint density at radius 1 is 0.972 bits per heavy atom. The minimum Gasteiger partial charge on any atom is -0.498 e. The molecule has 2 atom stereocenters. The Balaban J connectivity index is 1.58. The molecule has 5 heteroatoms. The lowest BCUT2D eigenvalue weighted by Crippen LogP contribution is -2.63. The van der Waals surface area contributed by atoms with Crippen LogP contribution in [0.5, 0.6) is 0 Å². The first-order chi connectivity index (χ1) is 17.5. The van der Waals surface area contributed by atoms with Crippen LogP contribution in [0.25, 0.3) is 0 Å². The van der Waals surface area contributed by atoms with Gasteiger partial charge in [0.05, 0.1) is 12.5 Å². The largest absolute Gasteiger partial charge is 0.498 e. The lowest BCUT2D eigenvalue weighted by atomic mass is 9.50. The molecule has 36 heavy (non-hydrogen) atoms. The van der Waals surface area contributed by atoms with Crippen LogP contribution < -0.4 is 5.32 Å². The van der Waals surface area contributed by atoms with Crippen molar-refractivity contribution in [3.05, 3.63) is 107 Å². The maximum Gasteiger partial charge on any atom is 0.326 e. The third-order valence-electron chi connectivity index (χ3n) is 8.59. The molecule has 3 amide bonds. The first-order valence-electron chi connectivity index (χ1n) is 13.0. The van der Waals surface area contributed by atoms with Crippen molar-refractivity contribution in [2.24, 2.45) is 5.92 Å². The highest BCUT2D eigenvalue weighted by Crippen LogP contribution is 2.63. The average Bonchev–Trinajstić information content (AvgIpc) is 3.16. The Hall–Kier alpha value is -3.60. The molecule has 2 aromatic carbocycles. The van der Waals surface area contributed by atoms with Gasteiger partial charge >= 0.3 is 6.03 Å². The number of urea groups is 1. The van der Waals surface area contributed by atoms with E-state index in [-0.39, 0.29) is 23.9 Å². The molecule has 5 aliphatic rings. The summed E-state index contributed by atoms with van der Waals surface area (Å²) >= 11 is 0. The number of allylic oxidation sites excluding steroid dienone is 2. The van der Waals surface area contributed by atoms with Gasteiger partial charge in [0.1, 0.15) is 5.76 Å². The van der Waals surface area contributed by atoms with Gasteiger partial charge in [-0.3, -0.25) is 4.79 Å². The highest BCUT2D eigenvalue weighted by atomic mass is 16.5. The molecular formula is C31H32N2O3.